The van der Waals surface area contributed by atoms with Crippen molar-refractivity contribution in [3.63, 3.8) is 0 Å². The molecule has 12 heavy (non-hydrogen) atoms. The largest absolute Gasteiger partial charge is 0.393 e. The lowest BCUT2D eigenvalue weighted by Gasteiger charge is -2.42. The SMILES string of the molecule is CC1C(O)CCC2CCCCC21. The summed E-state index contributed by atoms with van der Waals surface area (Å²) >= 11 is 0. The van der Waals surface area contributed by atoms with Crippen LogP contribution in [0.1, 0.15) is 45.4 Å². The Balaban J connectivity index is 2.03. The molecule has 4 unspecified atom stereocenters. The van der Waals surface area contributed by atoms with Crippen molar-refractivity contribution in [2.24, 2.45) is 17.8 Å². The van der Waals surface area contributed by atoms with Crippen molar-refractivity contribution in [3.8, 4) is 0 Å². The summed E-state index contributed by atoms with van der Waals surface area (Å²) in [5.74, 6) is 2.38. The maximum Gasteiger partial charge on any atom is 0.0568 e. The molecule has 2 fully saturated rings. The Kier molecular flexibility index (Phi) is 2.40. The molecule has 0 radical (unpaired) electrons. The molecular weight excluding hydrogens is 148 g/mol. The fraction of sp³-hybridized carbons (Fsp3) is 1.00. The summed E-state index contributed by atoms with van der Waals surface area (Å²) < 4.78 is 0. The van der Waals surface area contributed by atoms with E-state index < -0.39 is 0 Å². The number of fused-ring (bicyclic) bond motifs is 1. The van der Waals surface area contributed by atoms with E-state index in [4.69, 9.17) is 0 Å². The molecule has 0 aliphatic heterocycles. The zero-order chi connectivity index (χ0) is 8.55. The van der Waals surface area contributed by atoms with Gasteiger partial charge < -0.3 is 5.11 Å². The van der Waals surface area contributed by atoms with E-state index in [9.17, 15) is 5.11 Å². The molecule has 2 rings (SSSR count). The Morgan fingerprint density at radius 1 is 1.00 bits per heavy atom. The molecular formula is C11H20O. The van der Waals surface area contributed by atoms with Gasteiger partial charge in [-0.25, -0.2) is 0 Å². The second kappa shape index (κ2) is 3.37. The molecule has 0 bridgehead atoms. The minimum absolute atomic E-state index is 0.00403. The van der Waals surface area contributed by atoms with Crippen molar-refractivity contribution in [1.82, 2.24) is 0 Å². The Morgan fingerprint density at radius 3 is 2.58 bits per heavy atom. The molecule has 2 aliphatic rings. The predicted molar refractivity (Wildman–Crippen MR) is 49.9 cm³/mol. The van der Waals surface area contributed by atoms with Crippen molar-refractivity contribution < 1.29 is 5.11 Å². The fourth-order valence-corrected chi connectivity index (χ4v) is 3.22. The van der Waals surface area contributed by atoms with Crippen molar-refractivity contribution >= 4 is 0 Å². The van der Waals surface area contributed by atoms with Crippen molar-refractivity contribution in [3.05, 3.63) is 0 Å². The van der Waals surface area contributed by atoms with Crippen LogP contribution >= 0.6 is 0 Å². The van der Waals surface area contributed by atoms with Gasteiger partial charge in [0.25, 0.3) is 0 Å². The third-order valence-electron chi connectivity index (χ3n) is 4.08. The highest BCUT2D eigenvalue weighted by Crippen LogP contribution is 2.43. The molecule has 0 aromatic heterocycles. The Hall–Kier alpha value is -0.0400. The molecule has 4 atom stereocenters. The van der Waals surface area contributed by atoms with E-state index in [1.165, 1.54) is 32.1 Å². The zero-order valence-electron chi connectivity index (χ0n) is 8.00. The van der Waals surface area contributed by atoms with Crippen LogP contribution in [0.3, 0.4) is 0 Å². The van der Waals surface area contributed by atoms with Gasteiger partial charge in [-0.1, -0.05) is 26.2 Å². The summed E-state index contributed by atoms with van der Waals surface area (Å²) in [5, 5.41) is 9.72. The molecule has 1 nitrogen and oxygen atoms in total. The van der Waals surface area contributed by atoms with E-state index in [0.29, 0.717) is 5.92 Å². The van der Waals surface area contributed by atoms with E-state index in [1.54, 1.807) is 0 Å². The third kappa shape index (κ3) is 1.39. The molecule has 2 saturated carbocycles. The average Bonchev–Trinajstić information content (AvgIpc) is 2.12. The van der Waals surface area contributed by atoms with E-state index in [-0.39, 0.29) is 6.10 Å². The summed E-state index contributed by atoms with van der Waals surface area (Å²) in [4.78, 5) is 0. The molecule has 2 aliphatic carbocycles. The molecule has 0 spiro atoms. The van der Waals surface area contributed by atoms with Crippen molar-refractivity contribution in [1.29, 1.82) is 0 Å². The summed E-state index contributed by atoms with van der Waals surface area (Å²) in [5.41, 5.74) is 0. The van der Waals surface area contributed by atoms with Crippen LogP contribution in [0.15, 0.2) is 0 Å². The van der Waals surface area contributed by atoms with E-state index in [2.05, 4.69) is 6.92 Å². The van der Waals surface area contributed by atoms with Crippen LogP contribution in [0.5, 0.6) is 0 Å². The maximum atomic E-state index is 9.72. The first-order valence-electron chi connectivity index (χ1n) is 5.47. The highest BCUT2D eigenvalue weighted by Gasteiger charge is 2.36. The van der Waals surface area contributed by atoms with Crippen molar-refractivity contribution in [2.45, 2.75) is 51.6 Å². The van der Waals surface area contributed by atoms with Gasteiger partial charge in [0.2, 0.25) is 0 Å². The van der Waals surface area contributed by atoms with Crippen LogP contribution in [0.25, 0.3) is 0 Å². The van der Waals surface area contributed by atoms with Crippen LogP contribution in [-0.2, 0) is 0 Å². The average molecular weight is 168 g/mol. The van der Waals surface area contributed by atoms with Gasteiger partial charge in [-0.2, -0.15) is 0 Å². The Bertz CT molecular complexity index is 153. The molecule has 1 heteroatoms. The molecule has 1 N–H and O–H groups in total. The van der Waals surface area contributed by atoms with Crippen LogP contribution in [0.4, 0.5) is 0 Å². The van der Waals surface area contributed by atoms with Crippen molar-refractivity contribution in [2.75, 3.05) is 0 Å². The fourth-order valence-electron chi connectivity index (χ4n) is 3.22. The second-order valence-corrected chi connectivity index (χ2v) is 4.71. The van der Waals surface area contributed by atoms with Crippen LogP contribution in [-0.4, -0.2) is 11.2 Å². The van der Waals surface area contributed by atoms with E-state index in [1.807, 2.05) is 0 Å². The first kappa shape index (κ1) is 8.55. The van der Waals surface area contributed by atoms with Gasteiger partial charge in [-0.05, 0) is 37.0 Å². The molecule has 70 valence electrons. The lowest BCUT2D eigenvalue weighted by molar-refractivity contribution is -0.00589. The highest BCUT2D eigenvalue weighted by molar-refractivity contribution is 4.87. The zero-order valence-corrected chi connectivity index (χ0v) is 8.00. The van der Waals surface area contributed by atoms with Crippen LogP contribution in [0, 0.1) is 17.8 Å². The quantitative estimate of drug-likeness (QED) is 0.589. The predicted octanol–water partition coefficient (Wildman–Crippen LogP) is 2.58. The monoisotopic (exact) mass is 168 g/mol. The van der Waals surface area contributed by atoms with Gasteiger partial charge in [-0.3, -0.25) is 0 Å². The first-order chi connectivity index (χ1) is 5.79. The molecule has 0 aromatic carbocycles. The van der Waals surface area contributed by atoms with Gasteiger partial charge in [0, 0.05) is 0 Å². The smallest absolute Gasteiger partial charge is 0.0568 e. The lowest BCUT2D eigenvalue weighted by atomic mass is 9.65. The molecule has 0 aromatic rings. The van der Waals surface area contributed by atoms with Gasteiger partial charge in [0.15, 0.2) is 0 Å². The van der Waals surface area contributed by atoms with Crippen LogP contribution in [0.2, 0.25) is 0 Å². The van der Waals surface area contributed by atoms with Crippen LogP contribution < -0.4 is 0 Å². The molecule has 0 saturated heterocycles. The van der Waals surface area contributed by atoms with Gasteiger partial charge in [0.05, 0.1) is 6.10 Å². The summed E-state index contributed by atoms with van der Waals surface area (Å²) in [7, 11) is 0. The van der Waals surface area contributed by atoms with Gasteiger partial charge >= 0.3 is 0 Å². The summed E-state index contributed by atoms with van der Waals surface area (Å²) in [6.07, 6.45) is 8.00. The highest BCUT2D eigenvalue weighted by atomic mass is 16.3. The normalized spacial score (nSPS) is 48.5. The topological polar surface area (TPSA) is 20.2 Å². The number of rotatable bonds is 0. The Morgan fingerprint density at radius 2 is 1.75 bits per heavy atom. The number of hydrogen-bond acceptors (Lipinski definition) is 1. The third-order valence-corrected chi connectivity index (χ3v) is 4.08. The maximum absolute atomic E-state index is 9.72. The van der Waals surface area contributed by atoms with Gasteiger partial charge in [0.1, 0.15) is 0 Å². The second-order valence-electron chi connectivity index (χ2n) is 4.71. The minimum Gasteiger partial charge on any atom is -0.393 e. The number of hydrogen-bond donors (Lipinski definition) is 1. The number of aliphatic hydroxyl groups excluding tert-OH is 1. The van der Waals surface area contributed by atoms with E-state index in [0.717, 1.165) is 18.3 Å². The standard InChI is InChI=1S/C11H20O/c1-8-10-5-3-2-4-9(10)6-7-11(8)12/h8-12H,2-7H2,1H3. The minimum atomic E-state index is 0.00403. The molecule has 0 amide bonds. The first-order valence-corrected chi connectivity index (χ1v) is 5.47. The molecule has 0 heterocycles. The Labute approximate surface area is 75.2 Å². The lowest BCUT2D eigenvalue weighted by Crippen LogP contribution is -2.37. The van der Waals surface area contributed by atoms with Gasteiger partial charge in [-0.15, -0.1) is 0 Å². The number of aliphatic hydroxyl groups is 1. The summed E-state index contributed by atoms with van der Waals surface area (Å²) in [6, 6.07) is 0. The van der Waals surface area contributed by atoms with E-state index >= 15 is 0 Å². The summed E-state index contributed by atoms with van der Waals surface area (Å²) in [6.45, 7) is 2.24.